The fraction of sp³-hybridized carbons (Fsp3) is 0.455. The van der Waals surface area contributed by atoms with E-state index in [0.29, 0.717) is 28.6 Å². The fourth-order valence-corrected chi connectivity index (χ4v) is 7.18. The zero-order chi connectivity index (χ0) is 34.4. The van der Waals surface area contributed by atoms with E-state index >= 15 is 4.39 Å². The Morgan fingerprint density at radius 3 is 2.69 bits per heavy atom. The number of hydrogen-bond acceptors (Lipinski definition) is 11. The molecule has 254 valence electrons. The van der Waals surface area contributed by atoms with Crippen LogP contribution in [0.1, 0.15) is 45.7 Å². The van der Waals surface area contributed by atoms with Gasteiger partial charge in [-0.3, -0.25) is 13.9 Å². The number of rotatable bonds is 12. The third-order valence-corrected chi connectivity index (χ3v) is 9.93. The van der Waals surface area contributed by atoms with Gasteiger partial charge in [-0.05, 0) is 52.0 Å². The van der Waals surface area contributed by atoms with Crippen molar-refractivity contribution in [3.63, 3.8) is 0 Å². The number of fused-ring (bicyclic) bond motifs is 2. The zero-order valence-corrected chi connectivity index (χ0v) is 28.1. The molecule has 1 saturated heterocycles. The van der Waals surface area contributed by atoms with Crippen molar-refractivity contribution in [3.05, 3.63) is 54.6 Å². The van der Waals surface area contributed by atoms with E-state index in [9.17, 15) is 14.5 Å². The molecule has 2 N–H and O–H groups in total. The quantitative estimate of drug-likeness (QED) is 0.122. The molecule has 0 radical (unpaired) electrons. The number of hydrogen-bond donors (Lipinski definition) is 2. The molecule has 0 bridgehead atoms. The highest BCUT2D eigenvalue weighted by molar-refractivity contribution is 7.52. The normalized spacial score (nSPS) is 24.4. The average Bonchev–Trinajstić information content (AvgIpc) is 3.78. The van der Waals surface area contributed by atoms with E-state index in [0.717, 1.165) is 18.2 Å². The second-order valence-corrected chi connectivity index (χ2v) is 14.0. The van der Waals surface area contributed by atoms with Crippen LogP contribution in [-0.4, -0.2) is 80.3 Å². The first-order valence-corrected chi connectivity index (χ1v) is 17.2. The molecule has 4 aromatic rings. The van der Waals surface area contributed by atoms with Crippen LogP contribution in [0.3, 0.4) is 0 Å². The number of nitrogens with zero attached hydrogens (tertiary/aromatic N) is 5. The molecule has 2 aromatic carbocycles. The van der Waals surface area contributed by atoms with E-state index in [2.05, 4.69) is 20.0 Å². The number of alkyl halides is 1. The van der Waals surface area contributed by atoms with Crippen LogP contribution >= 0.6 is 7.75 Å². The molecule has 0 unspecified atom stereocenters. The predicted molar refractivity (Wildman–Crippen MR) is 176 cm³/mol. The summed E-state index contributed by atoms with van der Waals surface area (Å²) in [4.78, 5) is 28.2. The van der Waals surface area contributed by atoms with Crippen molar-refractivity contribution in [2.45, 2.75) is 82.8 Å². The van der Waals surface area contributed by atoms with Crippen molar-refractivity contribution in [1.29, 1.82) is 0 Å². The summed E-state index contributed by atoms with van der Waals surface area (Å²) in [5, 5.41) is 15.3. The number of anilines is 1. The molecular formula is C33H38FN6O7P. The number of benzene rings is 2. The van der Waals surface area contributed by atoms with Gasteiger partial charge in [-0.1, -0.05) is 42.3 Å². The molecule has 2 aromatic heterocycles. The summed E-state index contributed by atoms with van der Waals surface area (Å²) < 4.78 is 55.2. The summed E-state index contributed by atoms with van der Waals surface area (Å²) in [6.07, 6.45) is 3.70. The minimum atomic E-state index is -4.44. The average molecular weight is 681 g/mol. The number of imidazole rings is 1. The van der Waals surface area contributed by atoms with E-state index in [1.165, 1.54) is 17.8 Å². The number of aromatic nitrogens is 4. The Labute approximate surface area is 277 Å². The standard InChI is InChI=1S/C33H38FN6O7P/c1-7-33(34)28(41)26(46-32(33)40-18-35-27-29(39(6)23-15-16-23)36-21(5)37-30(27)40)17-44-48(43,38-20(4)31(42)45-19(2)3)47-25-14-10-12-22-11-8-9-13-24(22)25/h1,8-14,18-20,23,26,28,32,41H,15-17H2,2-6H3,(H,38,43)/t20-,26+,28+,32+,33+,48-/m0/s1. The van der Waals surface area contributed by atoms with Gasteiger partial charge in [0.15, 0.2) is 23.2 Å². The van der Waals surface area contributed by atoms with Crippen LogP contribution in [-0.2, 0) is 23.4 Å². The third-order valence-electron chi connectivity index (χ3n) is 8.30. The summed E-state index contributed by atoms with van der Waals surface area (Å²) in [7, 11) is -2.52. The largest absolute Gasteiger partial charge is 0.462 e. The topological polar surface area (TPSA) is 150 Å². The predicted octanol–water partition coefficient (Wildman–Crippen LogP) is 4.62. The monoisotopic (exact) mass is 680 g/mol. The van der Waals surface area contributed by atoms with Gasteiger partial charge in [-0.25, -0.2) is 23.9 Å². The molecule has 1 aliphatic heterocycles. The second kappa shape index (κ2) is 13.1. The van der Waals surface area contributed by atoms with E-state index in [-0.39, 0.29) is 11.4 Å². The Kier molecular flexibility index (Phi) is 9.19. The third kappa shape index (κ3) is 6.49. The molecule has 15 heteroatoms. The lowest BCUT2D eigenvalue weighted by Crippen LogP contribution is -2.42. The van der Waals surface area contributed by atoms with Crippen LogP contribution in [0.2, 0.25) is 0 Å². The molecule has 2 fully saturated rings. The summed E-state index contributed by atoms with van der Waals surface area (Å²) in [5.74, 6) is 2.57. The minimum absolute atomic E-state index is 0.203. The summed E-state index contributed by atoms with van der Waals surface area (Å²) in [6.45, 7) is 5.88. The fourth-order valence-electron chi connectivity index (χ4n) is 5.66. The Hall–Kier alpha value is -4.12. The number of carbonyl (C=O) groups is 1. The van der Waals surface area contributed by atoms with Gasteiger partial charge in [0.05, 0.1) is 19.0 Å². The number of aliphatic hydroxyl groups excluding tert-OH is 1. The maximum Gasteiger partial charge on any atom is 0.459 e. The van der Waals surface area contributed by atoms with E-state index in [4.69, 9.17) is 24.9 Å². The van der Waals surface area contributed by atoms with Crippen LogP contribution in [0.25, 0.3) is 21.9 Å². The first kappa shape index (κ1) is 33.8. The summed E-state index contributed by atoms with van der Waals surface area (Å²) >= 11 is 0. The summed E-state index contributed by atoms with van der Waals surface area (Å²) in [5.41, 5.74) is -2.07. The molecule has 6 rings (SSSR count). The van der Waals surface area contributed by atoms with Gasteiger partial charge < -0.3 is 24.0 Å². The number of aryl methyl sites for hydroxylation is 1. The van der Waals surface area contributed by atoms with Crippen LogP contribution in [0.5, 0.6) is 5.75 Å². The number of carbonyl (C=O) groups excluding carboxylic acids is 1. The van der Waals surface area contributed by atoms with Crippen molar-refractivity contribution in [2.75, 3.05) is 18.6 Å². The summed E-state index contributed by atoms with van der Waals surface area (Å²) in [6, 6.07) is 11.6. The lowest BCUT2D eigenvalue weighted by Gasteiger charge is -2.25. The van der Waals surface area contributed by atoms with Crippen LogP contribution in [0, 0.1) is 19.3 Å². The first-order valence-electron chi connectivity index (χ1n) is 15.7. The van der Waals surface area contributed by atoms with Crippen LogP contribution < -0.4 is 14.5 Å². The van der Waals surface area contributed by atoms with Gasteiger partial charge >= 0.3 is 13.7 Å². The number of terminal acetylenes is 1. The highest BCUT2D eigenvalue weighted by Crippen LogP contribution is 2.49. The van der Waals surface area contributed by atoms with E-state index < -0.39 is 56.6 Å². The van der Waals surface area contributed by atoms with Crippen molar-refractivity contribution >= 4 is 41.5 Å². The highest BCUT2D eigenvalue weighted by Gasteiger charge is 2.58. The first-order chi connectivity index (χ1) is 22.8. The molecule has 48 heavy (non-hydrogen) atoms. The lowest BCUT2D eigenvalue weighted by molar-refractivity contribution is -0.149. The van der Waals surface area contributed by atoms with Crippen LogP contribution in [0.15, 0.2) is 48.8 Å². The number of halogens is 1. The molecule has 1 saturated carbocycles. The Morgan fingerprint density at radius 1 is 1.25 bits per heavy atom. The maximum absolute atomic E-state index is 16.6. The maximum atomic E-state index is 16.6. The van der Waals surface area contributed by atoms with Gasteiger partial charge in [0, 0.05) is 18.5 Å². The highest BCUT2D eigenvalue weighted by atomic mass is 31.2. The zero-order valence-electron chi connectivity index (χ0n) is 27.2. The Morgan fingerprint density at radius 2 is 1.98 bits per heavy atom. The molecule has 2 aliphatic rings. The van der Waals surface area contributed by atoms with Gasteiger partial charge in [-0.15, -0.1) is 6.42 Å². The van der Waals surface area contributed by atoms with Gasteiger partial charge in [0.2, 0.25) is 5.67 Å². The lowest BCUT2D eigenvalue weighted by atomic mass is 9.97. The molecule has 3 heterocycles. The molecule has 0 spiro atoms. The second-order valence-electron chi connectivity index (χ2n) is 12.3. The van der Waals surface area contributed by atoms with Crippen LogP contribution in [0.4, 0.5) is 10.2 Å². The Balaban J connectivity index is 1.29. The van der Waals surface area contributed by atoms with Crippen molar-refractivity contribution in [1.82, 2.24) is 24.6 Å². The van der Waals surface area contributed by atoms with E-state index in [1.807, 2.05) is 36.1 Å². The number of nitrogens with one attached hydrogen (secondary N) is 1. The van der Waals surface area contributed by atoms with E-state index in [1.54, 1.807) is 45.0 Å². The molecule has 1 aliphatic carbocycles. The Bertz CT molecular complexity index is 1920. The molecule has 0 amide bonds. The number of ether oxygens (including phenoxy) is 2. The van der Waals surface area contributed by atoms with Gasteiger partial charge in [0.1, 0.15) is 29.8 Å². The van der Waals surface area contributed by atoms with Crippen molar-refractivity contribution < 1.29 is 37.4 Å². The SMILES string of the molecule is C#C[C@@]1(F)[C@H](O)[C@@H](CO[P@@](=O)(N[C@@H](C)C(=O)OC(C)C)Oc2cccc3ccccc23)O[C@H]1n1cnc2c(N(C)C3CC3)nc(C)nc21. The molecule has 13 nitrogen and oxygen atoms in total. The van der Waals surface area contributed by atoms with Crippen molar-refractivity contribution in [2.24, 2.45) is 0 Å². The minimum Gasteiger partial charge on any atom is -0.462 e. The van der Waals surface area contributed by atoms with Gasteiger partial charge in [-0.2, -0.15) is 5.09 Å². The number of esters is 1. The van der Waals surface area contributed by atoms with Crippen molar-refractivity contribution in [3.8, 4) is 18.1 Å². The molecular weight excluding hydrogens is 642 g/mol. The molecule has 6 atom stereocenters. The smallest absolute Gasteiger partial charge is 0.459 e. The van der Waals surface area contributed by atoms with Gasteiger partial charge in [0.25, 0.3) is 0 Å². The number of aliphatic hydroxyl groups is 1.